The minimum atomic E-state index is -1.49. The predicted molar refractivity (Wildman–Crippen MR) is 95.7 cm³/mol. The van der Waals surface area contributed by atoms with Gasteiger partial charge in [0.2, 0.25) is 0 Å². The monoisotopic (exact) mass is 290 g/mol. The van der Waals surface area contributed by atoms with Crippen LogP contribution in [-0.4, -0.2) is 8.07 Å². The van der Waals surface area contributed by atoms with Crippen LogP contribution in [0.15, 0.2) is 61.2 Å². The van der Waals surface area contributed by atoms with Gasteiger partial charge in [0.05, 0.1) is 8.07 Å². The third-order valence-corrected chi connectivity index (χ3v) is 6.91. The molecule has 0 fully saturated rings. The van der Waals surface area contributed by atoms with E-state index in [4.69, 9.17) is 0 Å². The summed E-state index contributed by atoms with van der Waals surface area (Å²) in [6, 6.07) is 18.0. The van der Waals surface area contributed by atoms with Crippen LogP contribution in [0, 0.1) is 18.8 Å². The van der Waals surface area contributed by atoms with Crippen molar-refractivity contribution in [2.24, 2.45) is 0 Å². The van der Waals surface area contributed by atoms with Gasteiger partial charge in [-0.05, 0) is 36.4 Å². The number of allylic oxidation sites excluding steroid dienone is 1. The van der Waals surface area contributed by atoms with E-state index in [1.165, 1.54) is 10.8 Å². The molecule has 0 bridgehead atoms. The lowest BCUT2D eigenvalue weighted by Gasteiger charge is -2.22. The van der Waals surface area contributed by atoms with Crippen LogP contribution in [0.5, 0.6) is 0 Å². The largest absolute Gasteiger partial charge is 0.103 e. The summed E-state index contributed by atoms with van der Waals surface area (Å²) < 4.78 is 0. The van der Waals surface area contributed by atoms with Gasteiger partial charge in [0.15, 0.2) is 0 Å². The molecule has 0 heterocycles. The first-order valence-corrected chi connectivity index (χ1v) is 10.5. The molecule has 0 saturated carbocycles. The van der Waals surface area contributed by atoms with Crippen molar-refractivity contribution in [3.8, 4) is 11.8 Å². The quantitative estimate of drug-likeness (QED) is 0.444. The van der Waals surface area contributed by atoms with E-state index in [2.05, 4.69) is 87.0 Å². The Labute approximate surface area is 129 Å². The summed E-state index contributed by atoms with van der Waals surface area (Å²) in [6.07, 6.45) is 2.04. The molecule has 2 aromatic rings. The van der Waals surface area contributed by atoms with Crippen LogP contribution in [0.3, 0.4) is 0 Å². The summed E-state index contributed by atoms with van der Waals surface area (Å²) in [6.45, 7) is 10.7. The highest BCUT2D eigenvalue weighted by Gasteiger charge is 2.23. The zero-order valence-electron chi connectivity index (χ0n) is 13.1. The van der Waals surface area contributed by atoms with Gasteiger partial charge < -0.3 is 0 Å². The molecule has 0 unspecified atom stereocenters. The number of aryl methyl sites for hydroxylation is 1. The van der Waals surface area contributed by atoms with Crippen LogP contribution < -0.4 is 5.19 Å². The smallest absolute Gasteiger partial charge is 0.0859 e. The highest BCUT2D eigenvalue weighted by atomic mass is 28.3. The Balaban J connectivity index is 2.38. The first kappa shape index (κ1) is 15.3. The van der Waals surface area contributed by atoms with Crippen molar-refractivity contribution in [3.05, 3.63) is 77.9 Å². The first-order chi connectivity index (χ1) is 10.0. The lowest BCUT2D eigenvalue weighted by molar-refractivity contribution is 1.46. The van der Waals surface area contributed by atoms with E-state index < -0.39 is 8.07 Å². The third kappa shape index (κ3) is 3.97. The Morgan fingerprint density at radius 1 is 1.00 bits per heavy atom. The van der Waals surface area contributed by atoms with Gasteiger partial charge in [-0.2, -0.15) is 0 Å². The highest BCUT2D eigenvalue weighted by Crippen LogP contribution is 2.13. The summed E-state index contributed by atoms with van der Waals surface area (Å²) in [5.41, 5.74) is 3.50. The summed E-state index contributed by atoms with van der Waals surface area (Å²) in [5, 5.41) is 1.42. The number of rotatable bonds is 3. The number of hydrogen-bond acceptors (Lipinski definition) is 0. The van der Waals surface area contributed by atoms with Crippen LogP contribution in [0.4, 0.5) is 0 Å². The summed E-state index contributed by atoms with van der Waals surface area (Å²) in [7, 11) is -1.49. The molecule has 0 aliphatic heterocycles. The standard InChI is InChI=1S/C20H22Si/c1-5-16-21(3,4)20-9-7-6-8-19(20)15-14-18-12-10-17(2)11-13-18/h5-13H,1,16H2,2-4H3. The second-order valence-electron chi connectivity index (χ2n) is 6.04. The second-order valence-corrected chi connectivity index (χ2v) is 10.8. The van der Waals surface area contributed by atoms with Crippen LogP contribution in [-0.2, 0) is 0 Å². The van der Waals surface area contributed by atoms with Crippen LogP contribution >= 0.6 is 0 Å². The molecule has 0 aliphatic rings. The van der Waals surface area contributed by atoms with E-state index in [1.54, 1.807) is 0 Å². The van der Waals surface area contributed by atoms with E-state index >= 15 is 0 Å². The highest BCUT2D eigenvalue weighted by molar-refractivity contribution is 6.90. The van der Waals surface area contributed by atoms with Gasteiger partial charge in [-0.1, -0.05) is 66.9 Å². The van der Waals surface area contributed by atoms with Crippen molar-refractivity contribution >= 4 is 13.3 Å². The average molecular weight is 290 g/mol. The predicted octanol–water partition coefficient (Wildman–Crippen LogP) is 4.50. The van der Waals surface area contributed by atoms with Gasteiger partial charge in [-0.25, -0.2) is 0 Å². The molecule has 0 N–H and O–H groups in total. The number of benzene rings is 2. The molecular weight excluding hydrogens is 268 g/mol. The Kier molecular flexibility index (Phi) is 4.83. The number of hydrogen-bond donors (Lipinski definition) is 0. The van der Waals surface area contributed by atoms with Crippen molar-refractivity contribution in [2.75, 3.05) is 0 Å². The summed E-state index contributed by atoms with van der Waals surface area (Å²) in [5.74, 6) is 6.65. The van der Waals surface area contributed by atoms with Crippen LogP contribution in [0.25, 0.3) is 0 Å². The van der Waals surface area contributed by atoms with Gasteiger partial charge >= 0.3 is 0 Å². The zero-order chi connectivity index (χ0) is 15.3. The van der Waals surface area contributed by atoms with Gasteiger partial charge in [0, 0.05) is 11.1 Å². The molecule has 0 spiro atoms. The molecule has 0 aliphatic carbocycles. The molecule has 1 heteroatoms. The SMILES string of the molecule is C=CC[Si](C)(C)c1ccccc1C#Cc1ccc(C)cc1. The Morgan fingerprint density at radius 2 is 1.67 bits per heavy atom. The van der Waals surface area contributed by atoms with E-state index in [-0.39, 0.29) is 0 Å². The minimum absolute atomic E-state index is 1.07. The molecular formula is C20H22Si. The molecule has 106 valence electrons. The van der Waals surface area contributed by atoms with Crippen molar-refractivity contribution in [2.45, 2.75) is 26.1 Å². The van der Waals surface area contributed by atoms with Gasteiger partial charge in [0.25, 0.3) is 0 Å². The maximum absolute atomic E-state index is 3.90. The van der Waals surface area contributed by atoms with Gasteiger partial charge in [-0.3, -0.25) is 0 Å². The molecule has 0 nitrogen and oxygen atoms in total. The lowest BCUT2D eigenvalue weighted by Crippen LogP contribution is -2.42. The van der Waals surface area contributed by atoms with Crippen LogP contribution in [0.2, 0.25) is 19.1 Å². The second kappa shape index (κ2) is 6.61. The average Bonchev–Trinajstić information content (AvgIpc) is 2.47. The minimum Gasteiger partial charge on any atom is -0.103 e. The molecule has 0 radical (unpaired) electrons. The van der Waals surface area contributed by atoms with Crippen LogP contribution in [0.1, 0.15) is 16.7 Å². The topological polar surface area (TPSA) is 0 Å². The summed E-state index contributed by atoms with van der Waals surface area (Å²) in [4.78, 5) is 0. The van der Waals surface area contributed by atoms with E-state index in [0.29, 0.717) is 0 Å². The maximum atomic E-state index is 3.90. The Hall–Kier alpha value is -2.04. The molecule has 0 aromatic heterocycles. The van der Waals surface area contributed by atoms with Crippen molar-refractivity contribution in [1.29, 1.82) is 0 Å². The molecule has 0 amide bonds. The fourth-order valence-electron chi connectivity index (χ4n) is 2.43. The van der Waals surface area contributed by atoms with E-state index in [9.17, 15) is 0 Å². The first-order valence-electron chi connectivity index (χ1n) is 7.32. The lowest BCUT2D eigenvalue weighted by atomic mass is 10.1. The molecule has 2 aromatic carbocycles. The fourth-order valence-corrected chi connectivity index (χ4v) is 4.79. The van der Waals surface area contributed by atoms with Crippen molar-refractivity contribution in [3.63, 3.8) is 0 Å². The Bertz CT molecular complexity index is 682. The maximum Gasteiger partial charge on any atom is 0.0859 e. The zero-order valence-corrected chi connectivity index (χ0v) is 14.1. The van der Waals surface area contributed by atoms with Gasteiger partial charge in [0.1, 0.15) is 0 Å². The molecule has 0 saturated heterocycles. The van der Waals surface area contributed by atoms with E-state index in [1.807, 2.05) is 6.08 Å². The van der Waals surface area contributed by atoms with E-state index in [0.717, 1.165) is 17.2 Å². The fraction of sp³-hybridized carbons (Fsp3) is 0.200. The van der Waals surface area contributed by atoms with Crippen molar-refractivity contribution in [1.82, 2.24) is 0 Å². The third-order valence-electron chi connectivity index (χ3n) is 3.70. The Morgan fingerprint density at radius 3 is 2.33 bits per heavy atom. The normalized spacial score (nSPS) is 10.6. The van der Waals surface area contributed by atoms with Crippen molar-refractivity contribution < 1.29 is 0 Å². The van der Waals surface area contributed by atoms with Gasteiger partial charge in [-0.15, -0.1) is 6.58 Å². The molecule has 0 atom stereocenters. The molecule has 2 rings (SSSR count). The summed E-state index contributed by atoms with van der Waals surface area (Å²) >= 11 is 0. The molecule has 21 heavy (non-hydrogen) atoms.